The highest BCUT2D eigenvalue weighted by atomic mass is 16.2. The van der Waals surface area contributed by atoms with Gasteiger partial charge in [-0.25, -0.2) is 0 Å². The summed E-state index contributed by atoms with van der Waals surface area (Å²) in [5.41, 5.74) is 3.11. The molecule has 5 heteroatoms. The number of amides is 1. The molecular weight excluding hydrogens is 314 g/mol. The molecule has 25 heavy (non-hydrogen) atoms. The van der Waals surface area contributed by atoms with Crippen LogP contribution >= 0.6 is 0 Å². The molecule has 1 aliphatic rings. The maximum atomic E-state index is 12.6. The van der Waals surface area contributed by atoms with Crippen LogP contribution in [0.25, 0.3) is 0 Å². The van der Waals surface area contributed by atoms with Gasteiger partial charge in [0.15, 0.2) is 5.78 Å². The first-order chi connectivity index (χ1) is 11.9. The number of likely N-dealkylation sites (tertiary alicyclic amines) is 1. The zero-order chi connectivity index (χ0) is 18.0. The quantitative estimate of drug-likeness (QED) is 0.787. The summed E-state index contributed by atoms with van der Waals surface area (Å²) in [5, 5.41) is 4.00. The highest BCUT2D eigenvalue weighted by Crippen LogP contribution is 2.32. The summed E-state index contributed by atoms with van der Waals surface area (Å²) in [5.74, 6) is 0.427. The molecule has 132 valence electrons. The van der Waals surface area contributed by atoms with E-state index in [2.05, 4.69) is 43.2 Å². The van der Waals surface area contributed by atoms with Gasteiger partial charge in [0.1, 0.15) is 0 Å². The van der Waals surface area contributed by atoms with E-state index in [1.165, 1.54) is 11.1 Å². The van der Waals surface area contributed by atoms with Crippen LogP contribution in [0, 0.1) is 6.92 Å². The second kappa shape index (κ2) is 7.21. The van der Waals surface area contributed by atoms with E-state index in [4.69, 9.17) is 0 Å². The Bertz CT molecular complexity index is 764. The third-order valence-electron chi connectivity index (χ3n) is 5.04. The van der Waals surface area contributed by atoms with Crippen LogP contribution in [-0.4, -0.2) is 39.0 Å². The molecule has 2 atom stereocenters. The summed E-state index contributed by atoms with van der Waals surface area (Å²) >= 11 is 0. The molecule has 1 aromatic carbocycles. The summed E-state index contributed by atoms with van der Waals surface area (Å²) < 4.78 is 1.60. The molecule has 0 bridgehead atoms. The second-order valence-corrected chi connectivity index (χ2v) is 7.06. The molecule has 2 heterocycles. The Labute approximate surface area is 148 Å². The standard InChI is InChI=1S/C20H25N3O2/c1-14-4-6-16(7-5-14)17-10-15(2)23(13-17)20(25)9-8-19(24)18-11-21-22(3)12-18/h4-7,11-12,15,17H,8-10,13H2,1-3H3/t15-,17+/m1/s1. The Morgan fingerprint density at radius 1 is 1.20 bits per heavy atom. The van der Waals surface area contributed by atoms with Crippen LogP contribution in [0.2, 0.25) is 0 Å². The normalized spacial score (nSPS) is 20.0. The van der Waals surface area contributed by atoms with Gasteiger partial charge in [-0.15, -0.1) is 0 Å². The molecule has 0 aliphatic carbocycles. The van der Waals surface area contributed by atoms with Crippen LogP contribution in [0.1, 0.15) is 53.6 Å². The zero-order valence-electron chi connectivity index (χ0n) is 15.1. The van der Waals surface area contributed by atoms with Gasteiger partial charge < -0.3 is 4.90 Å². The number of benzene rings is 1. The van der Waals surface area contributed by atoms with Crippen molar-refractivity contribution in [3.8, 4) is 0 Å². The fraction of sp³-hybridized carbons (Fsp3) is 0.450. The summed E-state index contributed by atoms with van der Waals surface area (Å²) in [6.07, 6.45) is 4.73. The van der Waals surface area contributed by atoms with Gasteiger partial charge in [-0.3, -0.25) is 14.3 Å². The molecule has 1 aliphatic heterocycles. The van der Waals surface area contributed by atoms with Crippen LogP contribution in [0.15, 0.2) is 36.7 Å². The van der Waals surface area contributed by atoms with Gasteiger partial charge in [0.2, 0.25) is 5.91 Å². The van der Waals surface area contributed by atoms with Gasteiger partial charge in [-0.1, -0.05) is 29.8 Å². The minimum absolute atomic E-state index is 0.0246. The van der Waals surface area contributed by atoms with E-state index < -0.39 is 0 Å². The van der Waals surface area contributed by atoms with Gasteiger partial charge >= 0.3 is 0 Å². The molecule has 0 radical (unpaired) electrons. The lowest BCUT2D eigenvalue weighted by atomic mass is 9.96. The fourth-order valence-corrected chi connectivity index (χ4v) is 3.53. The average Bonchev–Trinajstić information content (AvgIpc) is 3.19. The number of hydrogen-bond donors (Lipinski definition) is 0. The van der Waals surface area contributed by atoms with Crippen molar-refractivity contribution in [2.24, 2.45) is 7.05 Å². The summed E-state index contributed by atoms with van der Waals surface area (Å²) in [6, 6.07) is 8.78. The maximum absolute atomic E-state index is 12.6. The van der Waals surface area contributed by atoms with E-state index in [-0.39, 0.29) is 30.6 Å². The van der Waals surface area contributed by atoms with Crippen LogP contribution in [0.3, 0.4) is 0 Å². The Kier molecular flexibility index (Phi) is 5.02. The van der Waals surface area contributed by atoms with Gasteiger partial charge in [0.05, 0.1) is 11.8 Å². The van der Waals surface area contributed by atoms with Crippen LogP contribution in [0.4, 0.5) is 0 Å². The summed E-state index contributed by atoms with van der Waals surface area (Å²) in [4.78, 5) is 26.7. The summed E-state index contributed by atoms with van der Waals surface area (Å²) in [6.45, 7) is 4.91. The second-order valence-electron chi connectivity index (χ2n) is 7.06. The van der Waals surface area contributed by atoms with Gasteiger partial charge in [0.25, 0.3) is 0 Å². The molecule has 3 rings (SSSR count). The van der Waals surface area contributed by atoms with E-state index in [1.54, 1.807) is 24.1 Å². The molecular formula is C20H25N3O2. The van der Waals surface area contributed by atoms with Crippen LogP contribution in [-0.2, 0) is 11.8 Å². The predicted octanol–water partition coefficient (Wildman–Crippen LogP) is 3.10. The number of nitrogens with zero attached hydrogens (tertiary/aromatic N) is 3. The molecule has 1 amide bonds. The van der Waals surface area contributed by atoms with Crippen molar-refractivity contribution in [1.29, 1.82) is 0 Å². The third kappa shape index (κ3) is 3.98. The van der Waals surface area contributed by atoms with Crippen molar-refractivity contribution >= 4 is 11.7 Å². The van der Waals surface area contributed by atoms with Crippen LogP contribution < -0.4 is 0 Å². The van der Waals surface area contributed by atoms with Gasteiger partial charge in [-0.05, 0) is 25.8 Å². The first-order valence-corrected chi connectivity index (χ1v) is 8.82. The minimum Gasteiger partial charge on any atom is -0.339 e. The molecule has 1 aromatic heterocycles. The first kappa shape index (κ1) is 17.4. The van der Waals surface area contributed by atoms with Crippen molar-refractivity contribution in [1.82, 2.24) is 14.7 Å². The number of carbonyl (C=O) groups is 2. The van der Waals surface area contributed by atoms with Crippen molar-refractivity contribution in [2.45, 2.75) is 45.1 Å². The van der Waals surface area contributed by atoms with E-state index in [0.29, 0.717) is 11.5 Å². The number of aryl methyl sites for hydroxylation is 2. The van der Waals surface area contributed by atoms with Crippen molar-refractivity contribution < 1.29 is 9.59 Å². The van der Waals surface area contributed by atoms with Gasteiger partial charge in [-0.2, -0.15) is 5.10 Å². The molecule has 0 spiro atoms. The highest BCUT2D eigenvalue weighted by Gasteiger charge is 2.33. The van der Waals surface area contributed by atoms with E-state index in [1.807, 2.05) is 4.90 Å². The number of rotatable bonds is 5. The lowest BCUT2D eigenvalue weighted by Gasteiger charge is -2.21. The van der Waals surface area contributed by atoms with E-state index in [0.717, 1.165) is 13.0 Å². The highest BCUT2D eigenvalue weighted by molar-refractivity contribution is 5.97. The SMILES string of the molecule is Cc1ccc([C@H]2C[C@@H](C)N(C(=O)CCC(=O)c3cnn(C)c3)C2)cc1. The maximum Gasteiger partial charge on any atom is 0.223 e. The molecule has 0 saturated carbocycles. The average molecular weight is 339 g/mol. The topological polar surface area (TPSA) is 55.2 Å². The largest absolute Gasteiger partial charge is 0.339 e. The van der Waals surface area contributed by atoms with Gasteiger partial charge in [0, 0.05) is 44.6 Å². The molecule has 2 aromatic rings. The monoisotopic (exact) mass is 339 g/mol. The van der Waals surface area contributed by atoms with Crippen molar-refractivity contribution in [2.75, 3.05) is 6.54 Å². The Morgan fingerprint density at radius 3 is 2.56 bits per heavy atom. The molecule has 5 nitrogen and oxygen atoms in total. The molecule has 0 N–H and O–H groups in total. The number of ketones is 1. The lowest BCUT2D eigenvalue weighted by Crippen LogP contribution is -2.34. The molecule has 0 unspecified atom stereocenters. The molecule has 1 saturated heterocycles. The Balaban J connectivity index is 1.57. The molecule has 1 fully saturated rings. The number of hydrogen-bond acceptors (Lipinski definition) is 3. The number of aromatic nitrogens is 2. The van der Waals surface area contributed by atoms with Crippen molar-refractivity contribution in [3.63, 3.8) is 0 Å². The first-order valence-electron chi connectivity index (χ1n) is 8.82. The van der Waals surface area contributed by atoms with E-state index >= 15 is 0 Å². The zero-order valence-corrected chi connectivity index (χ0v) is 15.1. The van der Waals surface area contributed by atoms with Crippen molar-refractivity contribution in [3.05, 3.63) is 53.3 Å². The Morgan fingerprint density at radius 2 is 1.92 bits per heavy atom. The predicted molar refractivity (Wildman–Crippen MR) is 96.5 cm³/mol. The third-order valence-corrected chi connectivity index (χ3v) is 5.04. The Hall–Kier alpha value is -2.43. The number of carbonyl (C=O) groups excluding carboxylic acids is 2. The minimum atomic E-state index is -0.0246. The van der Waals surface area contributed by atoms with Crippen LogP contribution in [0.5, 0.6) is 0 Å². The number of Topliss-reactive ketones (excluding diaryl/α,β-unsaturated/α-hetero) is 1. The summed E-state index contributed by atoms with van der Waals surface area (Å²) in [7, 11) is 1.78. The smallest absolute Gasteiger partial charge is 0.223 e. The fourth-order valence-electron chi connectivity index (χ4n) is 3.53. The van der Waals surface area contributed by atoms with E-state index in [9.17, 15) is 9.59 Å². The lowest BCUT2D eigenvalue weighted by molar-refractivity contribution is -0.131.